The molecule has 3 saturated heterocycles. The second kappa shape index (κ2) is 18.3. The number of ether oxygens (including phenoxy) is 2. The van der Waals surface area contributed by atoms with Gasteiger partial charge in [-0.1, -0.05) is 74.2 Å². The largest absolute Gasteiger partial charge is 0.506 e. The quantitative estimate of drug-likeness (QED) is 0.0701. The number of piperidine rings is 3. The number of phenols is 1. The SMILES string of the molecule is O=C(CC(c1ccccc1)c1cccc(C(=O)OCCCCCCCCNC[C@H](O)c2ccc(O)c3[nH]c(=O)ccc23)c1)O[C@H]1CN2CCC1CC2. The van der Waals surface area contributed by atoms with Crippen LogP contribution < -0.4 is 10.9 Å². The molecule has 3 aliphatic rings. The fourth-order valence-electron chi connectivity index (χ4n) is 7.63. The summed E-state index contributed by atoms with van der Waals surface area (Å²) in [7, 11) is 0. The smallest absolute Gasteiger partial charge is 0.338 e. The highest BCUT2D eigenvalue weighted by Gasteiger charge is 2.37. The minimum absolute atomic E-state index is 0.0248. The van der Waals surface area contributed by atoms with E-state index in [1.807, 2.05) is 48.5 Å². The third kappa shape index (κ3) is 9.87. The van der Waals surface area contributed by atoms with Crippen molar-refractivity contribution in [3.63, 3.8) is 0 Å². The predicted molar refractivity (Wildman–Crippen MR) is 200 cm³/mol. The molecule has 3 aliphatic heterocycles. The van der Waals surface area contributed by atoms with Gasteiger partial charge in [-0.25, -0.2) is 4.79 Å². The van der Waals surface area contributed by atoms with Crippen molar-refractivity contribution in [3.05, 3.63) is 111 Å². The summed E-state index contributed by atoms with van der Waals surface area (Å²) in [5.74, 6) is -0.354. The number of pyridine rings is 1. The molecular formula is C42H51N3O7. The second-order valence-electron chi connectivity index (χ2n) is 14.2. The van der Waals surface area contributed by atoms with E-state index in [-0.39, 0.29) is 41.7 Å². The molecule has 3 atom stereocenters. The molecule has 2 bridgehead atoms. The number of phenolic OH excluding ortho intramolecular Hbond substituents is 1. The number of aromatic amines is 1. The maximum absolute atomic E-state index is 13.2. The zero-order valence-corrected chi connectivity index (χ0v) is 29.8. The molecule has 0 saturated carbocycles. The summed E-state index contributed by atoms with van der Waals surface area (Å²) in [5, 5.41) is 24.7. The van der Waals surface area contributed by atoms with Crippen LogP contribution in [0.1, 0.15) is 96.9 Å². The maximum Gasteiger partial charge on any atom is 0.338 e. The van der Waals surface area contributed by atoms with Gasteiger partial charge < -0.3 is 30.0 Å². The topological polar surface area (TPSA) is 141 Å². The van der Waals surface area contributed by atoms with Crippen LogP contribution >= 0.6 is 0 Å². The average molecular weight is 710 g/mol. The number of carbonyl (C=O) groups excluding carboxylic acids is 2. The van der Waals surface area contributed by atoms with Gasteiger partial charge in [0.05, 0.1) is 30.2 Å². The number of nitrogens with one attached hydrogen (secondary N) is 2. The lowest BCUT2D eigenvalue weighted by Crippen LogP contribution is -2.52. The molecule has 0 amide bonds. The van der Waals surface area contributed by atoms with Crippen molar-refractivity contribution in [1.29, 1.82) is 0 Å². The van der Waals surface area contributed by atoms with E-state index in [9.17, 15) is 24.6 Å². The Balaban J connectivity index is 0.883. The van der Waals surface area contributed by atoms with Gasteiger partial charge in [0.25, 0.3) is 0 Å². The zero-order valence-electron chi connectivity index (χ0n) is 29.8. The van der Waals surface area contributed by atoms with Crippen LogP contribution in [0.25, 0.3) is 10.9 Å². The standard InChI is InChI=1S/C42H51N3O7/c46-36-17-15-33(34-16-18-39(48)44-41(34)36)37(47)27-43-21-8-3-1-2-4-9-24-51-42(50)32-14-10-13-31(25-32)35(29-11-6-5-7-12-29)26-40(49)52-38-28-45-22-19-30(38)20-23-45/h5-7,10-18,25,30,35,37-38,43,46-47H,1-4,8-9,19-24,26-28H2,(H,44,48)/t35?,37-,38-/m0/s1. The molecule has 0 aliphatic carbocycles. The van der Waals surface area contributed by atoms with E-state index in [1.54, 1.807) is 18.2 Å². The molecule has 4 heterocycles. The minimum Gasteiger partial charge on any atom is -0.506 e. The van der Waals surface area contributed by atoms with Crippen molar-refractivity contribution < 1.29 is 29.3 Å². The van der Waals surface area contributed by atoms with Crippen molar-refractivity contribution in [2.45, 2.75) is 75.9 Å². The van der Waals surface area contributed by atoms with Crippen LogP contribution in [-0.4, -0.2) is 77.5 Å². The number of aliphatic hydroxyl groups is 1. The number of hydrogen-bond donors (Lipinski definition) is 4. The number of rotatable bonds is 18. The molecule has 0 radical (unpaired) electrons. The summed E-state index contributed by atoms with van der Waals surface area (Å²) in [4.78, 5) is 42.9. The highest BCUT2D eigenvalue weighted by Crippen LogP contribution is 2.33. The van der Waals surface area contributed by atoms with Gasteiger partial charge in [0.2, 0.25) is 5.56 Å². The second-order valence-corrected chi connectivity index (χ2v) is 14.2. The Morgan fingerprint density at radius 3 is 2.40 bits per heavy atom. The monoisotopic (exact) mass is 709 g/mol. The number of nitrogens with zero attached hydrogens (tertiary/aromatic N) is 1. The van der Waals surface area contributed by atoms with Crippen LogP contribution in [0.5, 0.6) is 5.75 Å². The van der Waals surface area contributed by atoms with Crippen molar-refractivity contribution in [3.8, 4) is 5.75 Å². The van der Waals surface area contributed by atoms with Crippen LogP contribution in [0.3, 0.4) is 0 Å². The Morgan fingerprint density at radius 2 is 1.63 bits per heavy atom. The highest BCUT2D eigenvalue weighted by molar-refractivity contribution is 5.90. The predicted octanol–water partition coefficient (Wildman–Crippen LogP) is 6.21. The van der Waals surface area contributed by atoms with Gasteiger partial charge in [-0.2, -0.15) is 0 Å². The molecule has 1 aromatic heterocycles. The molecule has 10 nitrogen and oxygen atoms in total. The first-order valence-corrected chi connectivity index (χ1v) is 18.8. The van der Waals surface area contributed by atoms with E-state index in [0.29, 0.717) is 41.1 Å². The van der Waals surface area contributed by atoms with Crippen LogP contribution in [0, 0.1) is 5.92 Å². The van der Waals surface area contributed by atoms with Crippen LogP contribution in [-0.2, 0) is 14.3 Å². The third-order valence-electron chi connectivity index (χ3n) is 10.6. The molecule has 1 unspecified atom stereocenters. The summed E-state index contributed by atoms with van der Waals surface area (Å²) < 4.78 is 11.7. The molecule has 10 heteroatoms. The van der Waals surface area contributed by atoms with Crippen molar-refractivity contribution in [2.75, 3.05) is 39.3 Å². The Labute approximate surface area is 305 Å². The zero-order chi connectivity index (χ0) is 36.3. The first-order chi connectivity index (χ1) is 25.4. The van der Waals surface area contributed by atoms with Crippen LogP contribution in [0.15, 0.2) is 83.7 Å². The maximum atomic E-state index is 13.2. The van der Waals surface area contributed by atoms with E-state index in [2.05, 4.69) is 15.2 Å². The number of hydrogen-bond acceptors (Lipinski definition) is 9. The summed E-state index contributed by atoms with van der Waals surface area (Å²) in [6, 6.07) is 23.5. The van der Waals surface area contributed by atoms with Crippen molar-refractivity contribution >= 4 is 22.8 Å². The Kier molecular flexibility index (Phi) is 13.1. The number of aromatic hydroxyl groups is 1. The van der Waals surface area contributed by atoms with Gasteiger partial charge in [0.15, 0.2) is 0 Å². The summed E-state index contributed by atoms with van der Waals surface area (Å²) in [6.07, 6.45) is 7.48. The number of aliphatic hydroxyl groups excluding tert-OH is 1. The molecule has 7 rings (SSSR count). The number of esters is 2. The normalized spacial score (nSPS) is 19.3. The van der Waals surface area contributed by atoms with E-state index in [1.165, 1.54) is 12.1 Å². The van der Waals surface area contributed by atoms with E-state index < -0.39 is 6.10 Å². The van der Waals surface area contributed by atoms with Crippen LogP contribution in [0.4, 0.5) is 0 Å². The van der Waals surface area contributed by atoms with Gasteiger partial charge in [0, 0.05) is 30.5 Å². The number of benzene rings is 3. The lowest BCUT2D eigenvalue weighted by atomic mass is 9.85. The molecule has 3 aromatic carbocycles. The van der Waals surface area contributed by atoms with E-state index >= 15 is 0 Å². The number of unbranched alkanes of at least 4 members (excludes halogenated alkanes) is 5. The van der Waals surface area contributed by atoms with Crippen molar-refractivity contribution in [1.82, 2.24) is 15.2 Å². The average Bonchev–Trinajstić information content (AvgIpc) is 3.17. The first-order valence-electron chi connectivity index (χ1n) is 18.8. The molecule has 52 heavy (non-hydrogen) atoms. The fourth-order valence-corrected chi connectivity index (χ4v) is 7.63. The van der Waals surface area contributed by atoms with Gasteiger partial charge in [-0.05, 0) is 92.2 Å². The minimum atomic E-state index is -0.770. The van der Waals surface area contributed by atoms with Gasteiger partial charge in [0.1, 0.15) is 11.9 Å². The Hall–Kier alpha value is -4.51. The number of fused-ring (bicyclic) bond motifs is 4. The highest BCUT2D eigenvalue weighted by atomic mass is 16.5. The lowest BCUT2D eigenvalue weighted by molar-refractivity contribution is -0.159. The van der Waals surface area contributed by atoms with Gasteiger partial charge in [-0.15, -0.1) is 0 Å². The Morgan fingerprint density at radius 1 is 0.885 bits per heavy atom. The molecule has 0 spiro atoms. The lowest BCUT2D eigenvalue weighted by Gasteiger charge is -2.44. The van der Waals surface area contributed by atoms with Crippen LogP contribution in [0.2, 0.25) is 0 Å². The third-order valence-corrected chi connectivity index (χ3v) is 10.6. The molecule has 4 aromatic rings. The fraction of sp³-hybridized carbons (Fsp3) is 0.452. The summed E-state index contributed by atoms with van der Waals surface area (Å²) in [6.45, 7) is 4.51. The molecule has 4 N–H and O–H groups in total. The molecule has 276 valence electrons. The Bertz CT molecular complexity index is 1840. The number of carbonyl (C=O) groups is 2. The van der Waals surface area contributed by atoms with Gasteiger partial charge >= 0.3 is 11.9 Å². The summed E-state index contributed by atoms with van der Waals surface area (Å²) >= 11 is 0. The van der Waals surface area contributed by atoms with E-state index in [4.69, 9.17) is 9.47 Å². The van der Waals surface area contributed by atoms with E-state index in [0.717, 1.165) is 88.7 Å². The first kappa shape index (κ1) is 37.3. The summed E-state index contributed by atoms with van der Waals surface area (Å²) in [5.41, 5.74) is 3.05. The van der Waals surface area contributed by atoms with Gasteiger partial charge in [-0.3, -0.25) is 14.5 Å². The molecular weight excluding hydrogens is 658 g/mol. The van der Waals surface area contributed by atoms with Crippen molar-refractivity contribution in [2.24, 2.45) is 5.92 Å². The number of H-pyrrole nitrogens is 1. The molecule has 3 fully saturated rings. The number of aromatic nitrogens is 1.